The van der Waals surface area contributed by atoms with Crippen molar-refractivity contribution in [2.75, 3.05) is 19.8 Å². The summed E-state index contributed by atoms with van der Waals surface area (Å²) in [5, 5.41) is 3.20. The zero-order chi connectivity index (χ0) is 6.81. The Labute approximate surface area is 60.0 Å². The molecule has 0 aromatic carbocycles. The lowest BCUT2D eigenvalue weighted by atomic mass is 10.3. The van der Waals surface area contributed by atoms with E-state index in [1.807, 2.05) is 0 Å². The van der Waals surface area contributed by atoms with Crippen molar-refractivity contribution in [3.05, 3.63) is 18.4 Å². The van der Waals surface area contributed by atoms with Gasteiger partial charge in [0.2, 0.25) is 6.29 Å². The van der Waals surface area contributed by atoms with Crippen LogP contribution in [0, 0.1) is 6.29 Å². The van der Waals surface area contributed by atoms with Crippen molar-refractivity contribution in [3.63, 3.8) is 0 Å². The topological polar surface area (TPSA) is 30.5 Å². The van der Waals surface area contributed by atoms with Crippen molar-refractivity contribution in [1.82, 2.24) is 5.32 Å². The third-order valence-electron chi connectivity index (χ3n) is 1.61. The Morgan fingerprint density at radius 1 is 1.40 bits per heavy atom. The normalized spacial score (nSPS) is 33.8. The highest BCUT2D eigenvalue weighted by Crippen LogP contribution is 2.18. The van der Waals surface area contributed by atoms with Crippen molar-refractivity contribution in [1.29, 1.82) is 0 Å². The fourth-order valence-electron chi connectivity index (χ4n) is 1.13. The Bertz CT molecular complexity index is 141. The highest BCUT2D eigenvalue weighted by atomic mass is 16.7. The quantitative estimate of drug-likeness (QED) is 0.522. The predicted octanol–water partition coefficient (Wildman–Crippen LogP) is 0.0507. The van der Waals surface area contributed by atoms with E-state index in [9.17, 15) is 0 Å². The van der Waals surface area contributed by atoms with E-state index in [-0.39, 0.29) is 6.04 Å². The summed E-state index contributed by atoms with van der Waals surface area (Å²) in [7, 11) is 0. The molecule has 2 heterocycles. The van der Waals surface area contributed by atoms with Gasteiger partial charge in [-0.25, -0.2) is 0 Å². The standard InChI is InChI=1S/C7H10NO2/c1-2-6(8-3-1)7-9-4-5-10-7/h1-2,6,8H,3-5H2. The Kier molecular flexibility index (Phi) is 1.71. The van der Waals surface area contributed by atoms with Crippen molar-refractivity contribution in [2.24, 2.45) is 0 Å². The van der Waals surface area contributed by atoms with Crippen molar-refractivity contribution in [2.45, 2.75) is 6.04 Å². The average molecular weight is 140 g/mol. The molecule has 1 radical (unpaired) electrons. The highest BCUT2D eigenvalue weighted by Gasteiger charge is 2.27. The molecule has 2 rings (SSSR count). The number of hydrogen-bond donors (Lipinski definition) is 1. The largest absolute Gasteiger partial charge is 0.341 e. The molecule has 1 N–H and O–H groups in total. The van der Waals surface area contributed by atoms with Gasteiger partial charge in [-0.05, 0) is 0 Å². The number of ether oxygens (including phenoxy) is 2. The van der Waals surface area contributed by atoms with Gasteiger partial charge in [-0.15, -0.1) is 0 Å². The lowest BCUT2D eigenvalue weighted by Gasteiger charge is -2.12. The minimum atomic E-state index is 0.197. The molecular formula is C7H10NO2. The lowest BCUT2D eigenvalue weighted by molar-refractivity contribution is 0.0567. The van der Waals surface area contributed by atoms with Crippen molar-refractivity contribution >= 4 is 0 Å². The molecule has 1 unspecified atom stereocenters. The number of hydrogen-bond acceptors (Lipinski definition) is 3. The van der Waals surface area contributed by atoms with E-state index in [4.69, 9.17) is 9.47 Å². The van der Waals surface area contributed by atoms with Crippen LogP contribution < -0.4 is 5.32 Å². The first-order chi connectivity index (χ1) is 4.97. The van der Waals surface area contributed by atoms with Gasteiger partial charge in [0.05, 0.1) is 19.3 Å². The SMILES string of the molecule is C1=CC([C]2OCCO2)NC1. The van der Waals surface area contributed by atoms with E-state index < -0.39 is 0 Å². The summed E-state index contributed by atoms with van der Waals surface area (Å²) in [4.78, 5) is 0. The van der Waals surface area contributed by atoms with E-state index in [0.717, 1.165) is 12.8 Å². The molecule has 3 nitrogen and oxygen atoms in total. The summed E-state index contributed by atoms with van der Waals surface area (Å²) in [6.07, 6.45) is 4.86. The molecular weight excluding hydrogens is 130 g/mol. The summed E-state index contributed by atoms with van der Waals surface area (Å²) in [5.74, 6) is 0. The maximum absolute atomic E-state index is 5.22. The van der Waals surface area contributed by atoms with Crippen LogP contribution in [-0.2, 0) is 9.47 Å². The molecule has 0 aromatic heterocycles. The second-order valence-electron chi connectivity index (χ2n) is 2.33. The highest BCUT2D eigenvalue weighted by molar-refractivity contribution is 5.09. The minimum absolute atomic E-state index is 0.197. The smallest absolute Gasteiger partial charge is 0.245 e. The number of rotatable bonds is 1. The molecule has 0 aliphatic carbocycles. The van der Waals surface area contributed by atoms with Crippen LogP contribution in [0.15, 0.2) is 12.2 Å². The van der Waals surface area contributed by atoms with Crippen LogP contribution in [0.2, 0.25) is 0 Å². The molecule has 0 spiro atoms. The first kappa shape index (κ1) is 6.34. The molecule has 2 aliphatic heterocycles. The van der Waals surface area contributed by atoms with E-state index in [1.54, 1.807) is 0 Å². The van der Waals surface area contributed by atoms with Crippen LogP contribution >= 0.6 is 0 Å². The van der Waals surface area contributed by atoms with Gasteiger partial charge in [0.15, 0.2) is 0 Å². The van der Waals surface area contributed by atoms with E-state index in [1.165, 1.54) is 0 Å². The monoisotopic (exact) mass is 140 g/mol. The van der Waals surface area contributed by atoms with E-state index in [2.05, 4.69) is 17.5 Å². The summed E-state index contributed by atoms with van der Waals surface area (Å²) in [6.45, 7) is 2.31. The van der Waals surface area contributed by atoms with Crippen LogP contribution in [-0.4, -0.2) is 25.8 Å². The number of nitrogens with one attached hydrogen (secondary N) is 1. The lowest BCUT2D eigenvalue weighted by Crippen LogP contribution is -2.29. The van der Waals surface area contributed by atoms with Crippen LogP contribution in [0.3, 0.4) is 0 Å². The summed E-state index contributed by atoms with van der Waals surface area (Å²) in [5.41, 5.74) is 0. The van der Waals surface area contributed by atoms with E-state index in [0.29, 0.717) is 13.2 Å². The second kappa shape index (κ2) is 2.70. The van der Waals surface area contributed by atoms with Crippen LogP contribution in [0.1, 0.15) is 0 Å². The van der Waals surface area contributed by atoms with Gasteiger partial charge in [-0.2, -0.15) is 0 Å². The first-order valence-corrected chi connectivity index (χ1v) is 3.49. The molecule has 10 heavy (non-hydrogen) atoms. The van der Waals surface area contributed by atoms with Crippen molar-refractivity contribution in [3.8, 4) is 0 Å². The molecule has 0 bridgehead atoms. The van der Waals surface area contributed by atoms with Gasteiger partial charge in [0.25, 0.3) is 0 Å². The predicted molar refractivity (Wildman–Crippen MR) is 36.1 cm³/mol. The third-order valence-corrected chi connectivity index (χ3v) is 1.61. The molecule has 55 valence electrons. The fourth-order valence-corrected chi connectivity index (χ4v) is 1.13. The fraction of sp³-hybridized carbons (Fsp3) is 0.571. The Morgan fingerprint density at radius 3 is 2.80 bits per heavy atom. The molecule has 1 saturated heterocycles. The van der Waals surface area contributed by atoms with Crippen LogP contribution in [0.5, 0.6) is 0 Å². The van der Waals surface area contributed by atoms with Gasteiger partial charge in [0, 0.05) is 6.54 Å². The molecule has 0 saturated carbocycles. The molecule has 3 heteroatoms. The molecule has 1 fully saturated rings. The Hall–Kier alpha value is -0.380. The maximum atomic E-state index is 5.22. The molecule has 2 aliphatic rings. The summed E-state index contributed by atoms with van der Waals surface area (Å²) < 4.78 is 10.4. The van der Waals surface area contributed by atoms with Gasteiger partial charge >= 0.3 is 0 Å². The summed E-state index contributed by atoms with van der Waals surface area (Å²) in [6, 6.07) is 0.197. The van der Waals surface area contributed by atoms with Crippen LogP contribution in [0.25, 0.3) is 0 Å². The minimum Gasteiger partial charge on any atom is -0.341 e. The molecule has 1 atom stereocenters. The maximum Gasteiger partial charge on any atom is 0.245 e. The second-order valence-corrected chi connectivity index (χ2v) is 2.33. The summed E-state index contributed by atoms with van der Waals surface area (Å²) >= 11 is 0. The van der Waals surface area contributed by atoms with Gasteiger partial charge in [-0.3, -0.25) is 0 Å². The molecule has 0 amide bonds. The van der Waals surface area contributed by atoms with Gasteiger partial charge in [0.1, 0.15) is 0 Å². The molecule has 0 aromatic rings. The average Bonchev–Trinajstić information content (AvgIpc) is 2.59. The van der Waals surface area contributed by atoms with Crippen LogP contribution in [0.4, 0.5) is 0 Å². The van der Waals surface area contributed by atoms with Crippen molar-refractivity contribution < 1.29 is 9.47 Å². The Balaban J connectivity index is 1.91. The zero-order valence-corrected chi connectivity index (χ0v) is 5.67. The first-order valence-electron chi connectivity index (χ1n) is 3.49. The van der Waals surface area contributed by atoms with Gasteiger partial charge in [-0.1, -0.05) is 12.2 Å². The Morgan fingerprint density at radius 2 is 2.20 bits per heavy atom. The van der Waals surface area contributed by atoms with Gasteiger partial charge < -0.3 is 14.8 Å². The zero-order valence-electron chi connectivity index (χ0n) is 5.67. The third kappa shape index (κ3) is 1.08. The van der Waals surface area contributed by atoms with E-state index >= 15 is 0 Å².